The van der Waals surface area contributed by atoms with E-state index in [4.69, 9.17) is 50.9 Å². The van der Waals surface area contributed by atoms with Crippen molar-refractivity contribution in [3.63, 3.8) is 0 Å². The SMILES string of the molecule is CCC1(C)C(CC(C)OC(=O)OCCOCCOCCNP(=O)(OCCN=C(N)N)OCCN=C(N)N)=CCC2C1CCC1(C)C(C(C)CCCC(C)C)CCC21. The molecule has 9 N–H and O–H groups in total. The number of allylic oxidation sites excluding steroid dienone is 1. The van der Waals surface area contributed by atoms with Gasteiger partial charge in [0.05, 0.1) is 52.7 Å². The Bertz CT molecular complexity index is 1330. The van der Waals surface area contributed by atoms with Crippen LogP contribution >= 0.6 is 7.75 Å². The number of nitrogens with two attached hydrogens (primary N) is 4. The Labute approximate surface area is 343 Å². The van der Waals surface area contributed by atoms with Gasteiger partial charge in [0.25, 0.3) is 0 Å². The molecule has 2 fully saturated rings. The molecule has 2 saturated carbocycles. The van der Waals surface area contributed by atoms with E-state index in [-0.39, 0.29) is 89.3 Å². The Kier molecular flexibility index (Phi) is 20.6. The standard InChI is InChI=1S/C41H78N7O8P/c1-8-40(6)32(12-13-33-35-15-14-34(30(4)11-9-10-29(2)3)41(35,7)17-16-36(33)40)28-31(5)56-39(49)53-27-26-52-25-24-51-21-20-48-57(50,54-22-18-46-37(42)43)55-23-19-47-38(44)45/h12,29-31,33-36H,8-11,13-28H2,1-7H3,(H,48,50)(H4,42,43,46)(H4,44,45,47). The van der Waals surface area contributed by atoms with Crippen molar-refractivity contribution in [2.45, 2.75) is 119 Å². The number of carbonyl (C=O) groups is 1. The van der Waals surface area contributed by atoms with Gasteiger partial charge in [-0.25, -0.2) is 14.4 Å². The number of guanidine groups is 2. The predicted octanol–water partition coefficient (Wildman–Crippen LogP) is 6.50. The van der Waals surface area contributed by atoms with E-state index in [1.165, 1.54) is 50.5 Å². The van der Waals surface area contributed by atoms with E-state index in [0.29, 0.717) is 11.3 Å². The van der Waals surface area contributed by atoms with E-state index in [2.05, 4.69) is 62.7 Å². The van der Waals surface area contributed by atoms with E-state index in [1.807, 2.05) is 6.92 Å². The van der Waals surface area contributed by atoms with Crippen molar-refractivity contribution in [3.8, 4) is 0 Å². The van der Waals surface area contributed by atoms with Crippen LogP contribution in [-0.2, 0) is 32.6 Å². The number of rotatable bonds is 27. The summed E-state index contributed by atoms with van der Waals surface area (Å²) in [5.41, 5.74) is 23.3. The molecule has 0 aromatic heterocycles. The third kappa shape index (κ3) is 15.3. The van der Waals surface area contributed by atoms with Gasteiger partial charge in [0, 0.05) is 13.0 Å². The lowest BCUT2D eigenvalue weighted by molar-refractivity contribution is -0.0478. The third-order valence-electron chi connectivity index (χ3n) is 13.0. The van der Waals surface area contributed by atoms with Crippen molar-refractivity contribution >= 4 is 25.8 Å². The Hall–Kier alpha value is -2.42. The lowest BCUT2D eigenvalue weighted by Gasteiger charge is -2.57. The average molecular weight is 828 g/mol. The van der Waals surface area contributed by atoms with Gasteiger partial charge in [-0.05, 0) is 91.8 Å². The summed E-state index contributed by atoms with van der Waals surface area (Å²) in [5, 5.41) is 2.73. The second-order valence-electron chi connectivity index (χ2n) is 17.3. The maximum atomic E-state index is 13.0. The van der Waals surface area contributed by atoms with Crippen molar-refractivity contribution in [3.05, 3.63) is 11.6 Å². The molecule has 0 aromatic rings. The summed E-state index contributed by atoms with van der Waals surface area (Å²) in [5.74, 6) is 4.47. The van der Waals surface area contributed by atoms with Gasteiger partial charge >= 0.3 is 13.9 Å². The number of ether oxygens (including phenoxy) is 4. The van der Waals surface area contributed by atoms with E-state index >= 15 is 0 Å². The molecule has 8 atom stereocenters. The first-order chi connectivity index (χ1) is 27.0. The van der Waals surface area contributed by atoms with Crippen LogP contribution < -0.4 is 28.0 Å². The zero-order chi connectivity index (χ0) is 42.1. The first kappa shape index (κ1) is 48.9. The van der Waals surface area contributed by atoms with Crippen LogP contribution in [0.5, 0.6) is 0 Å². The molecule has 8 unspecified atom stereocenters. The largest absolute Gasteiger partial charge is 0.508 e. The highest BCUT2D eigenvalue weighted by molar-refractivity contribution is 7.51. The van der Waals surface area contributed by atoms with E-state index < -0.39 is 13.9 Å². The Morgan fingerprint density at radius 3 is 2.12 bits per heavy atom. The molecule has 0 spiro atoms. The van der Waals surface area contributed by atoms with Crippen molar-refractivity contribution in [1.29, 1.82) is 0 Å². The summed E-state index contributed by atoms with van der Waals surface area (Å²) in [4.78, 5) is 20.2. The van der Waals surface area contributed by atoms with Gasteiger partial charge in [-0.1, -0.05) is 72.5 Å². The summed E-state index contributed by atoms with van der Waals surface area (Å²) >= 11 is 0. The average Bonchev–Trinajstić information content (AvgIpc) is 3.51. The van der Waals surface area contributed by atoms with Crippen molar-refractivity contribution < 1.29 is 37.4 Å². The van der Waals surface area contributed by atoms with Gasteiger partial charge < -0.3 is 41.9 Å². The molecule has 0 bridgehead atoms. The lowest BCUT2D eigenvalue weighted by Crippen LogP contribution is -2.49. The molecule has 0 saturated heterocycles. The number of aliphatic imine (C=N–C) groups is 2. The smallest absolute Gasteiger partial charge is 0.432 e. The Morgan fingerprint density at radius 1 is 0.877 bits per heavy atom. The molecular weight excluding hydrogens is 749 g/mol. The lowest BCUT2D eigenvalue weighted by atomic mass is 9.48. The Balaban J connectivity index is 1.34. The number of hydrogen-bond acceptors (Lipinski definition) is 10. The molecule has 57 heavy (non-hydrogen) atoms. The molecule has 3 aliphatic rings. The zero-order valence-electron chi connectivity index (χ0n) is 36.2. The molecule has 0 heterocycles. The van der Waals surface area contributed by atoms with Crippen LogP contribution in [0.1, 0.15) is 113 Å². The summed E-state index contributed by atoms with van der Waals surface area (Å²) in [6, 6.07) is 0. The number of nitrogens with zero attached hydrogens (tertiary/aromatic N) is 2. The highest BCUT2D eigenvalue weighted by atomic mass is 31.2. The van der Waals surface area contributed by atoms with Crippen LogP contribution in [0.2, 0.25) is 0 Å². The fourth-order valence-electron chi connectivity index (χ4n) is 10.1. The fourth-order valence-corrected chi connectivity index (χ4v) is 11.4. The van der Waals surface area contributed by atoms with Gasteiger partial charge in [-0.3, -0.25) is 19.0 Å². The Morgan fingerprint density at radius 2 is 1.51 bits per heavy atom. The minimum atomic E-state index is -3.70. The molecule has 16 heteroatoms. The monoisotopic (exact) mass is 828 g/mol. The van der Waals surface area contributed by atoms with E-state index in [0.717, 1.165) is 48.9 Å². The second kappa shape index (κ2) is 24.0. The first-order valence-corrected chi connectivity index (χ1v) is 23.0. The maximum absolute atomic E-state index is 13.0. The van der Waals surface area contributed by atoms with Crippen molar-refractivity contribution in [2.75, 3.05) is 65.9 Å². The number of hydrogen-bond donors (Lipinski definition) is 5. The molecule has 3 aliphatic carbocycles. The van der Waals surface area contributed by atoms with Gasteiger partial charge in [-0.15, -0.1) is 0 Å². The molecule has 0 amide bonds. The minimum Gasteiger partial charge on any atom is -0.432 e. The number of carbonyl (C=O) groups excluding carboxylic acids is 1. The fraction of sp³-hybridized carbons (Fsp3) is 0.878. The first-order valence-electron chi connectivity index (χ1n) is 21.5. The summed E-state index contributed by atoms with van der Waals surface area (Å²) in [7, 11) is -3.70. The van der Waals surface area contributed by atoms with Crippen molar-refractivity contribution in [1.82, 2.24) is 5.09 Å². The van der Waals surface area contributed by atoms with E-state index in [9.17, 15) is 9.36 Å². The normalized spacial score (nSPS) is 26.8. The van der Waals surface area contributed by atoms with Crippen LogP contribution in [0, 0.1) is 46.3 Å². The van der Waals surface area contributed by atoms with Crippen LogP contribution in [-0.4, -0.2) is 90.1 Å². The molecule has 0 aliphatic heterocycles. The minimum absolute atomic E-state index is 0.0380. The van der Waals surface area contributed by atoms with Gasteiger partial charge in [-0.2, -0.15) is 0 Å². The molecule has 0 radical (unpaired) electrons. The summed E-state index contributed by atoms with van der Waals surface area (Å²) in [6.07, 6.45) is 14.0. The topological polar surface area (TPSA) is 230 Å². The molecule has 330 valence electrons. The summed E-state index contributed by atoms with van der Waals surface area (Å²) < 4.78 is 45.9. The number of nitrogens with one attached hydrogen (secondary N) is 1. The van der Waals surface area contributed by atoms with Crippen LogP contribution in [0.25, 0.3) is 0 Å². The quantitative estimate of drug-likeness (QED) is 0.0149. The highest BCUT2D eigenvalue weighted by Crippen LogP contribution is 2.66. The van der Waals surface area contributed by atoms with Crippen LogP contribution in [0.4, 0.5) is 4.79 Å². The van der Waals surface area contributed by atoms with Gasteiger partial charge in [0.2, 0.25) is 0 Å². The molecule has 15 nitrogen and oxygen atoms in total. The molecule has 0 aromatic carbocycles. The third-order valence-corrected chi connectivity index (χ3v) is 14.7. The zero-order valence-corrected chi connectivity index (χ0v) is 37.1. The van der Waals surface area contributed by atoms with E-state index in [1.54, 1.807) is 0 Å². The van der Waals surface area contributed by atoms with Gasteiger partial charge in [0.15, 0.2) is 11.9 Å². The molecule has 3 rings (SSSR count). The maximum Gasteiger partial charge on any atom is 0.508 e. The predicted molar refractivity (Wildman–Crippen MR) is 227 cm³/mol. The molecular formula is C41H78N7O8P. The highest BCUT2D eigenvalue weighted by Gasteiger charge is 2.58. The van der Waals surface area contributed by atoms with Crippen LogP contribution in [0.15, 0.2) is 21.6 Å². The van der Waals surface area contributed by atoms with Crippen molar-refractivity contribution in [2.24, 2.45) is 79.3 Å². The number of fused-ring (bicyclic) bond motifs is 3. The van der Waals surface area contributed by atoms with Gasteiger partial charge in [0.1, 0.15) is 12.7 Å². The second-order valence-corrected chi connectivity index (χ2v) is 19.1. The van der Waals surface area contributed by atoms with Crippen LogP contribution in [0.3, 0.4) is 0 Å². The summed E-state index contributed by atoms with van der Waals surface area (Å²) in [6.45, 7) is 18.0.